The Labute approximate surface area is 171 Å². The molecule has 4 rings (SSSR count). The Hall–Kier alpha value is -3.54. The van der Waals surface area contributed by atoms with Crippen LogP contribution in [0.2, 0.25) is 0 Å². The molecule has 4 heterocycles. The highest BCUT2D eigenvalue weighted by atomic mass is 16.6. The van der Waals surface area contributed by atoms with Crippen molar-refractivity contribution in [1.29, 1.82) is 0 Å². The standard InChI is InChI=1S/C18H23N9O3/c1-3-27-14-11(18(29)26-6-4-25(5-7-26)17(28)10(2)19)8-21-9-12(14)22-16(27)13-15(20)24-30-23-13/h8-10H,3-7,19H2,1-2H3,(H2,20,24)/t10-/m1/s1. The normalized spacial score (nSPS) is 15.6. The lowest BCUT2D eigenvalue weighted by Gasteiger charge is -2.35. The molecule has 158 valence electrons. The third kappa shape index (κ3) is 3.24. The van der Waals surface area contributed by atoms with E-state index in [9.17, 15) is 9.59 Å². The molecule has 1 aliphatic rings. The molecule has 0 spiro atoms. The number of carbonyl (C=O) groups excluding carboxylic acids is 2. The quantitative estimate of drug-likeness (QED) is 0.585. The number of pyridine rings is 1. The van der Waals surface area contributed by atoms with Crippen molar-refractivity contribution < 1.29 is 14.2 Å². The number of nitrogen functional groups attached to an aromatic ring is 1. The molecule has 1 saturated heterocycles. The molecule has 1 aliphatic heterocycles. The number of carbonyl (C=O) groups is 2. The second-order valence-corrected chi connectivity index (χ2v) is 7.14. The van der Waals surface area contributed by atoms with Crippen molar-refractivity contribution >= 4 is 28.7 Å². The largest absolute Gasteiger partial charge is 0.379 e. The minimum Gasteiger partial charge on any atom is -0.379 e. The summed E-state index contributed by atoms with van der Waals surface area (Å²) in [5.41, 5.74) is 13.5. The summed E-state index contributed by atoms with van der Waals surface area (Å²) in [4.78, 5) is 37.5. The van der Waals surface area contributed by atoms with Crippen molar-refractivity contribution in [3.8, 4) is 11.5 Å². The number of piperazine rings is 1. The molecular formula is C18H23N9O3. The van der Waals surface area contributed by atoms with Gasteiger partial charge < -0.3 is 25.8 Å². The highest BCUT2D eigenvalue weighted by molar-refractivity contribution is 6.05. The molecule has 0 radical (unpaired) electrons. The van der Waals surface area contributed by atoms with Crippen molar-refractivity contribution in [2.75, 3.05) is 31.9 Å². The Morgan fingerprint density at radius 1 is 1.17 bits per heavy atom. The first-order chi connectivity index (χ1) is 14.4. The lowest BCUT2D eigenvalue weighted by atomic mass is 10.2. The van der Waals surface area contributed by atoms with E-state index in [-0.39, 0.29) is 17.6 Å². The number of rotatable bonds is 4. The smallest absolute Gasteiger partial charge is 0.257 e. The van der Waals surface area contributed by atoms with Gasteiger partial charge in [-0.3, -0.25) is 14.6 Å². The van der Waals surface area contributed by atoms with E-state index in [0.717, 1.165) is 0 Å². The zero-order valence-corrected chi connectivity index (χ0v) is 16.8. The summed E-state index contributed by atoms with van der Waals surface area (Å²) in [5.74, 6) is 0.295. The van der Waals surface area contributed by atoms with Crippen LogP contribution in [0.3, 0.4) is 0 Å². The maximum atomic E-state index is 13.3. The second-order valence-electron chi connectivity index (χ2n) is 7.14. The van der Waals surface area contributed by atoms with E-state index in [0.29, 0.717) is 60.8 Å². The summed E-state index contributed by atoms with van der Waals surface area (Å²) in [7, 11) is 0. The zero-order valence-electron chi connectivity index (χ0n) is 16.8. The Morgan fingerprint density at radius 3 is 2.47 bits per heavy atom. The third-order valence-corrected chi connectivity index (χ3v) is 5.19. The molecule has 30 heavy (non-hydrogen) atoms. The van der Waals surface area contributed by atoms with Gasteiger partial charge in [0.1, 0.15) is 5.52 Å². The van der Waals surface area contributed by atoms with Crippen molar-refractivity contribution in [3.63, 3.8) is 0 Å². The Balaban J connectivity index is 1.67. The number of hydrogen-bond donors (Lipinski definition) is 2. The minimum absolute atomic E-state index is 0.113. The van der Waals surface area contributed by atoms with Gasteiger partial charge in [0.05, 0.1) is 23.3 Å². The molecule has 2 amide bonds. The van der Waals surface area contributed by atoms with Gasteiger partial charge >= 0.3 is 0 Å². The van der Waals surface area contributed by atoms with E-state index >= 15 is 0 Å². The van der Waals surface area contributed by atoms with Crippen molar-refractivity contribution in [2.24, 2.45) is 5.73 Å². The molecule has 0 aliphatic carbocycles. The molecule has 3 aromatic heterocycles. The van der Waals surface area contributed by atoms with Crippen LogP contribution in [0, 0.1) is 0 Å². The molecule has 0 saturated carbocycles. The first kappa shape index (κ1) is 19.8. The van der Waals surface area contributed by atoms with E-state index < -0.39 is 6.04 Å². The monoisotopic (exact) mass is 413 g/mol. The molecule has 0 bridgehead atoms. The minimum atomic E-state index is -0.555. The lowest BCUT2D eigenvalue weighted by Crippen LogP contribution is -2.53. The topological polar surface area (TPSA) is 162 Å². The predicted octanol–water partition coefficient (Wildman–Crippen LogP) is -0.285. The van der Waals surface area contributed by atoms with Crippen LogP contribution in [0.4, 0.5) is 5.82 Å². The summed E-state index contributed by atoms with van der Waals surface area (Å²) < 4.78 is 6.55. The van der Waals surface area contributed by atoms with E-state index in [1.807, 2.05) is 11.5 Å². The zero-order chi connectivity index (χ0) is 21.4. The number of aromatic nitrogens is 5. The molecular weight excluding hydrogens is 390 g/mol. The molecule has 12 heteroatoms. The highest BCUT2D eigenvalue weighted by Crippen LogP contribution is 2.28. The van der Waals surface area contributed by atoms with Gasteiger partial charge in [0.25, 0.3) is 5.91 Å². The van der Waals surface area contributed by atoms with Crippen LogP contribution in [-0.4, -0.2) is 78.7 Å². The first-order valence-corrected chi connectivity index (χ1v) is 9.68. The number of hydrogen-bond acceptors (Lipinski definition) is 9. The van der Waals surface area contributed by atoms with Crippen LogP contribution < -0.4 is 11.5 Å². The molecule has 0 unspecified atom stereocenters. The Morgan fingerprint density at radius 2 is 1.87 bits per heavy atom. The van der Waals surface area contributed by atoms with Gasteiger partial charge in [-0.05, 0) is 24.2 Å². The molecule has 1 atom stereocenters. The predicted molar refractivity (Wildman–Crippen MR) is 107 cm³/mol. The van der Waals surface area contributed by atoms with Crippen LogP contribution in [0.15, 0.2) is 17.0 Å². The molecule has 3 aromatic rings. The SMILES string of the molecule is CCn1c(-c2nonc2N)nc2cncc(C(=O)N3CCN(C(=O)[C@@H](C)N)CC3)c21. The number of amides is 2. The summed E-state index contributed by atoms with van der Waals surface area (Å²) in [5, 5.41) is 7.45. The molecule has 0 aromatic carbocycles. The molecule has 12 nitrogen and oxygen atoms in total. The van der Waals surface area contributed by atoms with Gasteiger partial charge in [-0.2, -0.15) is 0 Å². The summed E-state index contributed by atoms with van der Waals surface area (Å²) >= 11 is 0. The number of nitrogens with two attached hydrogens (primary N) is 2. The van der Waals surface area contributed by atoms with Gasteiger partial charge in [-0.15, -0.1) is 0 Å². The number of anilines is 1. The van der Waals surface area contributed by atoms with Gasteiger partial charge in [0.2, 0.25) is 5.91 Å². The number of aryl methyl sites for hydroxylation is 1. The molecule has 4 N–H and O–H groups in total. The van der Waals surface area contributed by atoms with Crippen LogP contribution >= 0.6 is 0 Å². The number of imidazole rings is 1. The van der Waals surface area contributed by atoms with Crippen LogP contribution in [0.1, 0.15) is 24.2 Å². The van der Waals surface area contributed by atoms with E-state index in [1.54, 1.807) is 22.9 Å². The van der Waals surface area contributed by atoms with Crippen LogP contribution in [0.25, 0.3) is 22.6 Å². The first-order valence-electron chi connectivity index (χ1n) is 9.68. The summed E-state index contributed by atoms with van der Waals surface area (Å²) in [6.07, 6.45) is 3.12. The van der Waals surface area contributed by atoms with Crippen LogP contribution in [0.5, 0.6) is 0 Å². The summed E-state index contributed by atoms with van der Waals surface area (Å²) in [6, 6.07) is -0.555. The lowest BCUT2D eigenvalue weighted by molar-refractivity contribution is -0.133. The van der Waals surface area contributed by atoms with E-state index in [4.69, 9.17) is 16.1 Å². The van der Waals surface area contributed by atoms with E-state index in [1.165, 1.54) is 6.20 Å². The number of fused-ring (bicyclic) bond motifs is 1. The Bertz CT molecular complexity index is 1100. The highest BCUT2D eigenvalue weighted by Gasteiger charge is 2.29. The number of nitrogens with zero attached hydrogens (tertiary/aromatic N) is 7. The van der Waals surface area contributed by atoms with E-state index in [2.05, 4.69) is 20.3 Å². The average molecular weight is 413 g/mol. The van der Waals surface area contributed by atoms with Gasteiger partial charge in [0, 0.05) is 38.9 Å². The third-order valence-electron chi connectivity index (χ3n) is 5.19. The van der Waals surface area contributed by atoms with Gasteiger partial charge in [-0.1, -0.05) is 0 Å². The van der Waals surface area contributed by atoms with Gasteiger partial charge in [-0.25, -0.2) is 9.61 Å². The maximum absolute atomic E-state index is 13.3. The van der Waals surface area contributed by atoms with Crippen LogP contribution in [-0.2, 0) is 11.3 Å². The van der Waals surface area contributed by atoms with Crippen molar-refractivity contribution in [1.82, 2.24) is 34.6 Å². The maximum Gasteiger partial charge on any atom is 0.257 e. The summed E-state index contributed by atoms with van der Waals surface area (Å²) in [6.45, 7) is 5.83. The van der Waals surface area contributed by atoms with Crippen molar-refractivity contribution in [3.05, 3.63) is 18.0 Å². The fourth-order valence-electron chi connectivity index (χ4n) is 3.67. The molecule has 1 fully saturated rings. The van der Waals surface area contributed by atoms with Gasteiger partial charge in [0.15, 0.2) is 17.3 Å². The second kappa shape index (κ2) is 7.71. The fraction of sp³-hybridized carbons (Fsp3) is 0.444. The fourth-order valence-corrected chi connectivity index (χ4v) is 3.67. The van der Waals surface area contributed by atoms with Crippen molar-refractivity contribution in [2.45, 2.75) is 26.4 Å². The Kier molecular flexibility index (Phi) is 5.08. The average Bonchev–Trinajstić information content (AvgIpc) is 3.35.